The Morgan fingerprint density at radius 1 is 1.24 bits per heavy atom. The molecule has 7 heteroatoms. The fourth-order valence-electron chi connectivity index (χ4n) is 2.08. The summed E-state index contributed by atoms with van der Waals surface area (Å²) in [5, 5.41) is 9.52. The minimum Gasteiger partial charge on any atom is -0.504 e. The number of furan rings is 1. The molecule has 1 aromatic heterocycles. The van der Waals surface area contributed by atoms with Crippen LogP contribution in [0.3, 0.4) is 0 Å². The topological polar surface area (TPSA) is 95.2 Å². The first kappa shape index (κ1) is 18.1. The van der Waals surface area contributed by atoms with Crippen molar-refractivity contribution in [1.82, 2.24) is 0 Å². The van der Waals surface area contributed by atoms with Gasteiger partial charge < -0.3 is 23.7 Å². The lowest BCUT2D eigenvalue weighted by molar-refractivity contribution is -0.139. The molecule has 0 amide bonds. The molecular formula is C18H18O7. The molecule has 0 aliphatic carbocycles. The van der Waals surface area contributed by atoms with Crippen molar-refractivity contribution in [3.05, 3.63) is 53.0 Å². The molecule has 7 nitrogen and oxygen atoms in total. The highest BCUT2D eigenvalue weighted by atomic mass is 16.5. The van der Waals surface area contributed by atoms with Crippen LogP contribution in [0.15, 0.2) is 34.8 Å². The number of aryl methyl sites for hydroxylation is 1. The molecule has 0 saturated heterocycles. The van der Waals surface area contributed by atoms with Crippen molar-refractivity contribution < 1.29 is 33.3 Å². The van der Waals surface area contributed by atoms with Gasteiger partial charge in [0.15, 0.2) is 11.5 Å². The Morgan fingerprint density at radius 3 is 2.68 bits per heavy atom. The van der Waals surface area contributed by atoms with E-state index in [4.69, 9.17) is 13.9 Å². The average molecular weight is 346 g/mol. The normalized spacial score (nSPS) is 10.7. The number of esters is 2. The van der Waals surface area contributed by atoms with Gasteiger partial charge in [0.1, 0.15) is 23.7 Å². The number of aromatic hydroxyl groups is 1. The highest BCUT2D eigenvalue weighted by molar-refractivity contribution is 5.90. The molecule has 0 radical (unpaired) electrons. The number of rotatable bonds is 6. The van der Waals surface area contributed by atoms with Gasteiger partial charge in [-0.1, -0.05) is 6.07 Å². The predicted molar refractivity (Wildman–Crippen MR) is 88.3 cm³/mol. The van der Waals surface area contributed by atoms with Gasteiger partial charge in [0.25, 0.3) is 0 Å². The number of ether oxygens (including phenoxy) is 3. The van der Waals surface area contributed by atoms with E-state index in [1.165, 1.54) is 38.5 Å². The van der Waals surface area contributed by atoms with Crippen LogP contribution in [0, 0.1) is 6.92 Å². The first-order valence-electron chi connectivity index (χ1n) is 7.34. The number of carbonyl (C=O) groups excluding carboxylic acids is 2. The Labute approximate surface area is 144 Å². The summed E-state index contributed by atoms with van der Waals surface area (Å²) in [6, 6.07) is 6.14. The summed E-state index contributed by atoms with van der Waals surface area (Å²) in [6.45, 7) is 1.51. The molecule has 25 heavy (non-hydrogen) atoms. The Kier molecular flexibility index (Phi) is 5.84. The van der Waals surface area contributed by atoms with Crippen molar-refractivity contribution in [2.45, 2.75) is 13.5 Å². The van der Waals surface area contributed by atoms with Crippen LogP contribution in [-0.4, -0.2) is 31.3 Å². The molecule has 2 aromatic rings. The van der Waals surface area contributed by atoms with Crippen molar-refractivity contribution >= 4 is 18.0 Å². The van der Waals surface area contributed by atoms with Gasteiger partial charge in [-0.05, 0) is 36.8 Å². The number of carbonyl (C=O) groups is 2. The highest BCUT2D eigenvalue weighted by Gasteiger charge is 2.15. The summed E-state index contributed by atoms with van der Waals surface area (Å²) in [7, 11) is 2.71. The third-order valence-corrected chi connectivity index (χ3v) is 3.35. The molecular weight excluding hydrogens is 328 g/mol. The summed E-state index contributed by atoms with van der Waals surface area (Å²) < 4.78 is 20.0. The minimum absolute atomic E-state index is 0.0109. The lowest BCUT2D eigenvalue weighted by atomic mass is 10.2. The molecule has 0 atom stereocenters. The Balaban J connectivity index is 1.96. The summed E-state index contributed by atoms with van der Waals surface area (Å²) in [6.07, 6.45) is 2.76. The zero-order valence-corrected chi connectivity index (χ0v) is 14.1. The minimum atomic E-state index is -0.583. The Hall–Kier alpha value is -3.22. The molecule has 0 bridgehead atoms. The number of benzene rings is 1. The van der Waals surface area contributed by atoms with Crippen LogP contribution in [0.25, 0.3) is 6.08 Å². The van der Waals surface area contributed by atoms with E-state index in [2.05, 4.69) is 4.74 Å². The summed E-state index contributed by atoms with van der Waals surface area (Å²) in [5.41, 5.74) is 0.952. The number of methoxy groups -OCH3 is 2. The molecule has 132 valence electrons. The number of hydrogen-bond acceptors (Lipinski definition) is 7. The van der Waals surface area contributed by atoms with Gasteiger partial charge in [0.2, 0.25) is 0 Å². The predicted octanol–water partition coefficient (Wildman–Crippen LogP) is 2.85. The van der Waals surface area contributed by atoms with Gasteiger partial charge in [-0.15, -0.1) is 0 Å². The van der Waals surface area contributed by atoms with E-state index in [0.717, 1.165) is 0 Å². The lowest BCUT2D eigenvalue weighted by Gasteiger charge is -2.03. The molecule has 0 aliphatic heterocycles. The molecule has 0 saturated carbocycles. The average Bonchev–Trinajstić information content (AvgIpc) is 2.99. The van der Waals surface area contributed by atoms with Crippen molar-refractivity contribution in [3.8, 4) is 11.5 Å². The third-order valence-electron chi connectivity index (χ3n) is 3.35. The fourth-order valence-corrected chi connectivity index (χ4v) is 2.08. The van der Waals surface area contributed by atoms with E-state index in [1.807, 2.05) is 0 Å². The maximum Gasteiger partial charge on any atom is 0.341 e. The van der Waals surface area contributed by atoms with Gasteiger partial charge in [0.05, 0.1) is 14.2 Å². The van der Waals surface area contributed by atoms with Crippen LogP contribution >= 0.6 is 0 Å². The van der Waals surface area contributed by atoms with Gasteiger partial charge in [-0.3, -0.25) is 0 Å². The van der Waals surface area contributed by atoms with Gasteiger partial charge in [-0.2, -0.15) is 0 Å². The molecule has 0 unspecified atom stereocenters. The van der Waals surface area contributed by atoms with Crippen molar-refractivity contribution in [1.29, 1.82) is 0 Å². The van der Waals surface area contributed by atoms with E-state index in [1.54, 1.807) is 19.1 Å². The van der Waals surface area contributed by atoms with E-state index < -0.39 is 11.9 Å². The first-order valence-corrected chi connectivity index (χ1v) is 7.34. The molecule has 1 aromatic carbocycles. The Bertz CT molecular complexity index is 802. The largest absolute Gasteiger partial charge is 0.504 e. The maximum absolute atomic E-state index is 11.8. The molecule has 2 rings (SSSR count). The monoisotopic (exact) mass is 346 g/mol. The second-order valence-electron chi connectivity index (χ2n) is 5.05. The summed E-state index contributed by atoms with van der Waals surface area (Å²) >= 11 is 0. The summed E-state index contributed by atoms with van der Waals surface area (Å²) in [4.78, 5) is 23.3. The van der Waals surface area contributed by atoms with Crippen LogP contribution in [0.1, 0.15) is 27.4 Å². The van der Waals surface area contributed by atoms with E-state index in [0.29, 0.717) is 28.4 Å². The Morgan fingerprint density at radius 2 is 2.00 bits per heavy atom. The molecule has 0 fully saturated rings. The smallest absolute Gasteiger partial charge is 0.341 e. The van der Waals surface area contributed by atoms with Crippen molar-refractivity contribution in [2.24, 2.45) is 0 Å². The van der Waals surface area contributed by atoms with Crippen LogP contribution in [0.5, 0.6) is 11.5 Å². The van der Waals surface area contributed by atoms with E-state index >= 15 is 0 Å². The zero-order valence-electron chi connectivity index (χ0n) is 14.1. The number of phenolic OH excluding ortho intramolecular Hbond substituents is 1. The van der Waals surface area contributed by atoms with Crippen LogP contribution in [-0.2, 0) is 20.9 Å². The second-order valence-corrected chi connectivity index (χ2v) is 5.05. The number of phenols is 1. The first-order chi connectivity index (χ1) is 11.9. The van der Waals surface area contributed by atoms with Crippen LogP contribution in [0.4, 0.5) is 0 Å². The van der Waals surface area contributed by atoms with Crippen molar-refractivity contribution in [2.75, 3.05) is 14.2 Å². The standard InChI is InChI=1S/C18H18O7/c1-11-14(18(21)23-3)9-13(25-11)10-24-17(20)7-5-12-4-6-15(19)16(8-12)22-2/h4-9,19H,10H2,1-3H3/b7-5+. The van der Waals surface area contributed by atoms with Gasteiger partial charge in [0, 0.05) is 6.08 Å². The van der Waals surface area contributed by atoms with E-state index in [9.17, 15) is 14.7 Å². The van der Waals surface area contributed by atoms with Crippen molar-refractivity contribution in [3.63, 3.8) is 0 Å². The molecule has 0 spiro atoms. The quantitative estimate of drug-likeness (QED) is 0.635. The fraction of sp³-hybridized carbons (Fsp3) is 0.222. The van der Waals surface area contributed by atoms with E-state index in [-0.39, 0.29) is 12.4 Å². The maximum atomic E-state index is 11.8. The van der Waals surface area contributed by atoms with Crippen LogP contribution in [0.2, 0.25) is 0 Å². The zero-order chi connectivity index (χ0) is 18.4. The lowest BCUT2D eigenvalue weighted by Crippen LogP contribution is -2.01. The van der Waals surface area contributed by atoms with Gasteiger partial charge >= 0.3 is 11.9 Å². The highest BCUT2D eigenvalue weighted by Crippen LogP contribution is 2.26. The molecule has 1 N–H and O–H groups in total. The molecule has 0 aliphatic rings. The van der Waals surface area contributed by atoms with Gasteiger partial charge in [-0.25, -0.2) is 9.59 Å². The number of hydrogen-bond donors (Lipinski definition) is 1. The van der Waals surface area contributed by atoms with Crippen LogP contribution < -0.4 is 4.74 Å². The third kappa shape index (κ3) is 4.63. The SMILES string of the molecule is COC(=O)c1cc(COC(=O)/C=C/c2ccc(O)c(OC)c2)oc1C. The molecule has 1 heterocycles. The summed E-state index contributed by atoms with van der Waals surface area (Å²) in [5.74, 6) is -0.0509. The second kappa shape index (κ2) is 8.05.